The van der Waals surface area contributed by atoms with E-state index in [2.05, 4.69) is 17.0 Å². The SMILES string of the molecule is [C-]#[N+]c1ccc(C2(CC(=O)N3CC(O)C3)C3CC4CC2CC(C3)C4O)cc1. The lowest BCUT2D eigenvalue weighted by atomic mass is 9.42. The van der Waals surface area contributed by atoms with Gasteiger partial charge in [0.1, 0.15) is 0 Å². The van der Waals surface area contributed by atoms with Gasteiger partial charge in [0.25, 0.3) is 0 Å². The van der Waals surface area contributed by atoms with Gasteiger partial charge in [0, 0.05) is 24.9 Å². The quantitative estimate of drug-likeness (QED) is 0.808. The molecule has 5 aliphatic rings. The number of hydrogen-bond acceptors (Lipinski definition) is 3. The van der Waals surface area contributed by atoms with Gasteiger partial charge in [-0.1, -0.05) is 24.3 Å². The van der Waals surface area contributed by atoms with Crippen LogP contribution in [-0.2, 0) is 10.2 Å². The Balaban J connectivity index is 1.52. The molecule has 6 rings (SSSR count). The Bertz CT molecular complexity index is 761. The highest BCUT2D eigenvalue weighted by Crippen LogP contribution is 2.64. The maximum absolute atomic E-state index is 13.0. The molecule has 4 aliphatic carbocycles. The first kappa shape index (κ1) is 17.2. The Morgan fingerprint density at radius 2 is 1.63 bits per heavy atom. The van der Waals surface area contributed by atoms with Gasteiger partial charge in [-0.2, -0.15) is 0 Å². The Morgan fingerprint density at radius 3 is 2.11 bits per heavy atom. The van der Waals surface area contributed by atoms with Gasteiger partial charge in [-0.3, -0.25) is 4.79 Å². The summed E-state index contributed by atoms with van der Waals surface area (Å²) in [7, 11) is 0. The van der Waals surface area contributed by atoms with E-state index in [1.807, 2.05) is 12.1 Å². The molecule has 4 saturated carbocycles. The number of nitrogens with zero attached hydrogens (tertiary/aromatic N) is 2. The van der Waals surface area contributed by atoms with E-state index in [0.717, 1.165) is 25.7 Å². The number of aliphatic hydroxyl groups is 2. The maximum atomic E-state index is 13.0. The molecule has 4 bridgehead atoms. The molecule has 1 aliphatic heterocycles. The van der Waals surface area contributed by atoms with E-state index >= 15 is 0 Å². The Kier molecular flexibility index (Phi) is 3.86. The summed E-state index contributed by atoms with van der Waals surface area (Å²) < 4.78 is 0. The first-order valence-corrected chi connectivity index (χ1v) is 10.1. The van der Waals surface area contributed by atoms with E-state index in [4.69, 9.17) is 6.57 Å². The summed E-state index contributed by atoms with van der Waals surface area (Å²) in [6.45, 7) is 8.12. The Hall–Kier alpha value is -1.90. The molecule has 1 saturated heterocycles. The van der Waals surface area contributed by atoms with Crippen LogP contribution in [0, 0.1) is 30.2 Å². The largest absolute Gasteiger partial charge is 0.393 e. The van der Waals surface area contributed by atoms with Gasteiger partial charge in [0.2, 0.25) is 5.91 Å². The number of carbonyl (C=O) groups excluding carboxylic acids is 1. The second-order valence-electron chi connectivity index (χ2n) is 9.18. The zero-order valence-corrected chi connectivity index (χ0v) is 15.4. The van der Waals surface area contributed by atoms with Crippen molar-refractivity contribution in [3.8, 4) is 0 Å². The zero-order chi connectivity index (χ0) is 18.8. The number of carbonyl (C=O) groups is 1. The van der Waals surface area contributed by atoms with E-state index in [0.29, 0.717) is 48.9 Å². The number of amides is 1. The first-order valence-electron chi connectivity index (χ1n) is 10.1. The molecular weight excluding hydrogens is 340 g/mol. The fourth-order valence-corrected chi connectivity index (χ4v) is 6.69. The maximum Gasteiger partial charge on any atom is 0.223 e. The third kappa shape index (κ3) is 2.47. The van der Waals surface area contributed by atoms with Gasteiger partial charge in [-0.15, -0.1) is 0 Å². The summed E-state index contributed by atoms with van der Waals surface area (Å²) in [6.07, 6.45) is 3.92. The van der Waals surface area contributed by atoms with E-state index in [1.165, 1.54) is 5.56 Å². The van der Waals surface area contributed by atoms with Crippen molar-refractivity contribution in [3.63, 3.8) is 0 Å². The van der Waals surface area contributed by atoms with Crippen molar-refractivity contribution in [3.05, 3.63) is 41.2 Å². The van der Waals surface area contributed by atoms with E-state index < -0.39 is 0 Å². The van der Waals surface area contributed by atoms with Crippen molar-refractivity contribution in [1.29, 1.82) is 0 Å². The third-order valence-electron chi connectivity index (χ3n) is 7.96. The van der Waals surface area contributed by atoms with Crippen LogP contribution in [0.25, 0.3) is 4.85 Å². The van der Waals surface area contributed by atoms with Crippen LogP contribution < -0.4 is 0 Å². The smallest absolute Gasteiger partial charge is 0.223 e. The second-order valence-corrected chi connectivity index (χ2v) is 9.18. The van der Waals surface area contributed by atoms with Crippen LogP contribution in [0.15, 0.2) is 24.3 Å². The lowest BCUT2D eigenvalue weighted by molar-refractivity contribution is -0.158. The van der Waals surface area contributed by atoms with Crippen LogP contribution in [0.5, 0.6) is 0 Å². The predicted octanol–water partition coefficient (Wildman–Crippen LogP) is 2.50. The monoisotopic (exact) mass is 366 g/mol. The molecule has 1 amide bonds. The molecule has 27 heavy (non-hydrogen) atoms. The van der Waals surface area contributed by atoms with Crippen LogP contribution in [0.3, 0.4) is 0 Å². The van der Waals surface area contributed by atoms with Crippen molar-refractivity contribution in [2.45, 2.75) is 49.7 Å². The van der Waals surface area contributed by atoms with Gasteiger partial charge in [0.15, 0.2) is 5.69 Å². The normalized spacial score (nSPS) is 39.9. The summed E-state index contributed by atoms with van der Waals surface area (Å²) >= 11 is 0. The van der Waals surface area contributed by atoms with Crippen molar-refractivity contribution in [2.75, 3.05) is 13.1 Å². The molecule has 0 radical (unpaired) electrons. The molecule has 1 aromatic carbocycles. The Morgan fingerprint density at radius 1 is 1.07 bits per heavy atom. The summed E-state index contributed by atoms with van der Waals surface area (Å²) in [5.74, 6) is 1.73. The highest BCUT2D eigenvalue weighted by Gasteiger charge is 2.61. The van der Waals surface area contributed by atoms with Crippen LogP contribution >= 0.6 is 0 Å². The van der Waals surface area contributed by atoms with Crippen molar-refractivity contribution < 1.29 is 15.0 Å². The van der Waals surface area contributed by atoms with Crippen LogP contribution in [0.2, 0.25) is 0 Å². The van der Waals surface area contributed by atoms with Gasteiger partial charge in [0.05, 0.1) is 18.8 Å². The highest BCUT2D eigenvalue weighted by molar-refractivity contribution is 5.79. The molecule has 0 unspecified atom stereocenters. The number of rotatable bonds is 3. The minimum Gasteiger partial charge on any atom is -0.393 e. The molecule has 1 heterocycles. The standard InChI is InChI=1S/C22H26N2O3/c1-23-18-4-2-15(3-5-18)22(10-20(26)24-11-19(25)12-24)16-6-13-7-17(22)9-14(8-16)21(13)27/h2-5,13-14,16-17,19,21,25,27H,6-12H2. The molecule has 0 spiro atoms. The van der Waals surface area contributed by atoms with Crippen LogP contribution in [-0.4, -0.2) is 46.3 Å². The molecule has 5 heteroatoms. The second kappa shape index (κ2) is 6.05. The number of benzene rings is 1. The van der Waals surface area contributed by atoms with Crippen molar-refractivity contribution >= 4 is 11.6 Å². The lowest BCUT2D eigenvalue weighted by Gasteiger charge is -2.63. The molecule has 0 aromatic heterocycles. The van der Waals surface area contributed by atoms with Crippen molar-refractivity contribution in [2.24, 2.45) is 23.7 Å². The van der Waals surface area contributed by atoms with E-state index in [9.17, 15) is 15.0 Å². The van der Waals surface area contributed by atoms with Crippen LogP contribution in [0.4, 0.5) is 5.69 Å². The number of hydrogen-bond donors (Lipinski definition) is 2. The van der Waals surface area contributed by atoms with Crippen LogP contribution in [0.1, 0.15) is 37.7 Å². The van der Waals surface area contributed by atoms with Gasteiger partial charge >= 0.3 is 0 Å². The van der Waals surface area contributed by atoms with Gasteiger partial charge < -0.3 is 15.1 Å². The van der Waals surface area contributed by atoms with Crippen molar-refractivity contribution in [1.82, 2.24) is 4.90 Å². The lowest BCUT2D eigenvalue weighted by Crippen LogP contribution is -2.62. The molecule has 0 atom stereocenters. The predicted molar refractivity (Wildman–Crippen MR) is 100 cm³/mol. The number of β-amino-alcohol motifs (C(OH)–C–C–N with tert-alkyl or cyclic N) is 1. The van der Waals surface area contributed by atoms with E-state index in [-0.39, 0.29) is 23.5 Å². The van der Waals surface area contributed by atoms with Gasteiger partial charge in [-0.25, -0.2) is 4.85 Å². The van der Waals surface area contributed by atoms with Gasteiger partial charge in [-0.05, 0) is 54.9 Å². The molecular formula is C22H26N2O3. The zero-order valence-electron chi connectivity index (χ0n) is 15.4. The summed E-state index contributed by atoms with van der Waals surface area (Å²) in [4.78, 5) is 18.3. The molecule has 142 valence electrons. The van der Waals surface area contributed by atoms with E-state index in [1.54, 1.807) is 4.90 Å². The molecule has 1 aromatic rings. The fourth-order valence-electron chi connectivity index (χ4n) is 6.69. The molecule has 2 N–H and O–H groups in total. The topological polar surface area (TPSA) is 65.1 Å². The average molecular weight is 366 g/mol. The Labute approximate surface area is 159 Å². The fraction of sp³-hybridized carbons (Fsp3) is 0.636. The minimum absolute atomic E-state index is 0.141. The first-order chi connectivity index (χ1) is 13.0. The summed E-state index contributed by atoms with van der Waals surface area (Å²) in [5.41, 5.74) is 1.63. The number of likely N-dealkylation sites (tertiary alicyclic amines) is 1. The number of aliphatic hydroxyl groups excluding tert-OH is 2. The average Bonchev–Trinajstić information content (AvgIpc) is 2.64. The third-order valence-corrected chi connectivity index (χ3v) is 7.96. The molecule has 5 nitrogen and oxygen atoms in total. The summed E-state index contributed by atoms with van der Waals surface area (Å²) in [6, 6.07) is 7.87. The highest BCUT2D eigenvalue weighted by atomic mass is 16.3. The molecule has 5 fully saturated rings. The minimum atomic E-state index is -0.378. The summed E-state index contributed by atoms with van der Waals surface area (Å²) in [5, 5.41) is 20.1.